The Balaban J connectivity index is 1.85. The van der Waals surface area contributed by atoms with Crippen LogP contribution < -0.4 is 4.90 Å². The third kappa shape index (κ3) is 3.24. The maximum Gasteiger partial charge on any atom is 0.208 e. The molecular weight excluding hydrogens is 381 g/mol. The van der Waals surface area contributed by atoms with E-state index in [2.05, 4.69) is 26.1 Å². The molecule has 0 unspecified atom stereocenters. The molecule has 0 spiro atoms. The Labute approximate surface area is 133 Å². The van der Waals surface area contributed by atoms with Gasteiger partial charge in [-0.1, -0.05) is 27.3 Å². The number of anilines is 1. The molecule has 5 nitrogen and oxygen atoms in total. The molecule has 0 bridgehead atoms. The molecule has 0 aliphatic carbocycles. The van der Waals surface area contributed by atoms with Gasteiger partial charge in [-0.25, -0.2) is 12.8 Å². The number of nitrogens with zero attached hydrogens (tertiary/aromatic N) is 3. The van der Waals surface area contributed by atoms with Crippen LogP contribution in [-0.4, -0.2) is 43.2 Å². The highest BCUT2D eigenvalue weighted by Gasteiger charge is 2.24. The summed E-state index contributed by atoms with van der Waals surface area (Å²) in [5.41, 5.74) is 0.387. The van der Waals surface area contributed by atoms with E-state index in [1.165, 1.54) is 17.4 Å². The lowest BCUT2D eigenvalue weighted by molar-refractivity contribution is 0.586. The Bertz CT molecular complexity index is 765. The van der Waals surface area contributed by atoms with Crippen LogP contribution in [0.25, 0.3) is 10.6 Å². The maximum atomic E-state index is 13.8. The summed E-state index contributed by atoms with van der Waals surface area (Å²) in [5.74, 6) is -0.123. The summed E-state index contributed by atoms with van der Waals surface area (Å²) in [6.07, 6.45) is 0. The third-order valence-electron chi connectivity index (χ3n) is 3.19. The van der Waals surface area contributed by atoms with Crippen LogP contribution in [0.5, 0.6) is 0 Å². The zero-order valence-corrected chi connectivity index (χ0v) is 14.0. The zero-order chi connectivity index (χ0) is 15.0. The molecule has 1 aliphatic heterocycles. The van der Waals surface area contributed by atoms with Gasteiger partial charge in [0.2, 0.25) is 5.13 Å². The average molecular weight is 392 g/mol. The lowest BCUT2D eigenvalue weighted by Crippen LogP contribution is -2.40. The summed E-state index contributed by atoms with van der Waals surface area (Å²) in [6.45, 7) is 0.801. The van der Waals surface area contributed by atoms with Gasteiger partial charge in [-0.15, -0.1) is 10.2 Å². The van der Waals surface area contributed by atoms with E-state index < -0.39 is 9.84 Å². The topological polar surface area (TPSA) is 63.2 Å². The SMILES string of the molecule is O=S1(=O)CCN(c2nnc(-c3cc(Br)ccc3F)s2)CC1. The second-order valence-corrected chi connectivity index (χ2v) is 8.83. The van der Waals surface area contributed by atoms with Gasteiger partial charge in [0.05, 0.1) is 11.5 Å². The molecule has 1 aromatic heterocycles. The van der Waals surface area contributed by atoms with E-state index in [0.717, 1.165) is 4.47 Å². The molecule has 1 fully saturated rings. The van der Waals surface area contributed by atoms with Crippen molar-refractivity contribution in [2.75, 3.05) is 29.5 Å². The van der Waals surface area contributed by atoms with E-state index in [0.29, 0.717) is 28.8 Å². The summed E-state index contributed by atoms with van der Waals surface area (Å²) in [4.78, 5) is 1.87. The Hall–Kier alpha value is -1.06. The van der Waals surface area contributed by atoms with Crippen LogP contribution in [0.3, 0.4) is 0 Å². The van der Waals surface area contributed by atoms with Crippen LogP contribution in [0, 0.1) is 5.82 Å². The van der Waals surface area contributed by atoms with Crippen molar-refractivity contribution < 1.29 is 12.8 Å². The van der Waals surface area contributed by atoms with E-state index in [-0.39, 0.29) is 17.3 Å². The first-order chi connectivity index (χ1) is 9.94. The number of benzene rings is 1. The highest BCUT2D eigenvalue weighted by atomic mass is 79.9. The fourth-order valence-electron chi connectivity index (χ4n) is 2.02. The van der Waals surface area contributed by atoms with Gasteiger partial charge in [0.25, 0.3) is 0 Å². The van der Waals surface area contributed by atoms with Gasteiger partial charge in [0.15, 0.2) is 14.8 Å². The van der Waals surface area contributed by atoms with Crippen molar-refractivity contribution in [2.45, 2.75) is 0 Å². The summed E-state index contributed by atoms with van der Waals surface area (Å²) < 4.78 is 37.4. The van der Waals surface area contributed by atoms with Gasteiger partial charge >= 0.3 is 0 Å². The minimum Gasteiger partial charge on any atom is -0.345 e. The molecule has 2 aromatic rings. The molecule has 1 saturated heterocycles. The first kappa shape index (κ1) is 14.9. The predicted molar refractivity (Wildman–Crippen MR) is 83.9 cm³/mol. The number of sulfone groups is 1. The van der Waals surface area contributed by atoms with E-state index >= 15 is 0 Å². The minimum absolute atomic E-state index is 0.118. The van der Waals surface area contributed by atoms with Gasteiger partial charge in [0, 0.05) is 23.1 Å². The molecule has 0 N–H and O–H groups in total. The Morgan fingerprint density at radius 1 is 1.24 bits per heavy atom. The van der Waals surface area contributed by atoms with Crippen molar-refractivity contribution in [1.29, 1.82) is 0 Å². The molecule has 2 heterocycles. The number of halogens is 2. The molecule has 21 heavy (non-hydrogen) atoms. The highest BCUT2D eigenvalue weighted by molar-refractivity contribution is 9.10. The molecule has 1 aliphatic rings. The van der Waals surface area contributed by atoms with Gasteiger partial charge in [-0.3, -0.25) is 0 Å². The van der Waals surface area contributed by atoms with Crippen LogP contribution >= 0.6 is 27.3 Å². The van der Waals surface area contributed by atoms with Crippen LogP contribution in [0.15, 0.2) is 22.7 Å². The molecule has 0 amide bonds. The highest BCUT2D eigenvalue weighted by Crippen LogP contribution is 2.32. The van der Waals surface area contributed by atoms with Crippen LogP contribution in [-0.2, 0) is 9.84 Å². The summed E-state index contributed by atoms with van der Waals surface area (Å²) >= 11 is 4.57. The quantitative estimate of drug-likeness (QED) is 0.785. The fraction of sp³-hybridized carbons (Fsp3) is 0.333. The average Bonchev–Trinajstić information content (AvgIpc) is 2.91. The summed E-state index contributed by atoms with van der Waals surface area (Å²) in [7, 11) is -2.93. The van der Waals surface area contributed by atoms with Gasteiger partial charge < -0.3 is 4.90 Å². The van der Waals surface area contributed by atoms with Crippen LogP contribution in [0.4, 0.5) is 9.52 Å². The maximum absolute atomic E-state index is 13.8. The monoisotopic (exact) mass is 391 g/mol. The number of rotatable bonds is 2. The molecule has 0 saturated carbocycles. The molecule has 0 radical (unpaired) electrons. The van der Waals surface area contributed by atoms with Crippen LogP contribution in [0.1, 0.15) is 0 Å². The van der Waals surface area contributed by atoms with Crippen molar-refractivity contribution in [1.82, 2.24) is 10.2 Å². The van der Waals surface area contributed by atoms with Gasteiger partial charge in [-0.2, -0.15) is 0 Å². The third-order valence-corrected chi connectivity index (χ3v) is 6.31. The molecule has 112 valence electrons. The van der Waals surface area contributed by atoms with E-state index in [1.807, 2.05) is 4.90 Å². The predicted octanol–water partition coefficient (Wildman–Crippen LogP) is 2.34. The lowest BCUT2D eigenvalue weighted by Gasteiger charge is -2.25. The second-order valence-electron chi connectivity index (χ2n) is 4.65. The Kier molecular flexibility index (Phi) is 3.98. The van der Waals surface area contributed by atoms with Crippen molar-refractivity contribution in [3.63, 3.8) is 0 Å². The van der Waals surface area contributed by atoms with Gasteiger partial charge in [0.1, 0.15) is 5.82 Å². The Morgan fingerprint density at radius 2 is 1.95 bits per heavy atom. The Morgan fingerprint density at radius 3 is 2.67 bits per heavy atom. The van der Waals surface area contributed by atoms with E-state index in [9.17, 15) is 12.8 Å². The zero-order valence-electron chi connectivity index (χ0n) is 10.8. The van der Waals surface area contributed by atoms with Crippen molar-refractivity contribution in [3.8, 4) is 10.6 Å². The first-order valence-electron chi connectivity index (χ1n) is 6.19. The summed E-state index contributed by atoms with van der Waals surface area (Å²) in [5, 5.41) is 9.18. The van der Waals surface area contributed by atoms with Crippen molar-refractivity contribution >= 4 is 42.2 Å². The minimum atomic E-state index is -2.93. The number of hydrogen-bond donors (Lipinski definition) is 0. The first-order valence-corrected chi connectivity index (χ1v) is 9.62. The molecular formula is C12H11BrFN3O2S2. The normalized spacial score (nSPS) is 17.9. The molecule has 9 heteroatoms. The summed E-state index contributed by atoms with van der Waals surface area (Å²) in [6, 6.07) is 4.64. The number of hydrogen-bond acceptors (Lipinski definition) is 6. The van der Waals surface area contributed by atoms with E-state index in [4.69, 9.17) is 0 Å². The molecule has 0 atom stereocenters. The van der Waals surface area contributed by atoms with Crippen molar-refractivity contribution in [2.24, 2.45) is 0 Å². The van der Waals surface area contributed by atoms with E-state index in [1.54, 1.807) is 12.1 Å². The smallest absolute Gasteiger partial charge is 0.208 e. The standard InChI is InChI=1S/C12H11BrFN3O2S2/c13-8-1-2-10(14)9(7-8)11-15-16-12(20-11)17-3-5-21(18,19)6-4-17/h1-2,7H,3-6H2. The van der Waals surface area contributed by atoms with Crippen molar-refractivity contribution in [3.05, 3.63) is 28.5 Å². The second kappa shape index (κ2) is 5.62. The molecule has 1 aromatic carbocycles. The van der Waals surface area contributed by atoms with Gasteiger partial charge in [-0.05, 0) is 18.2 Å². The largest absolute Gasteiger partial charge is 0.345 e. The molecule has 3 rings (SSSR count). The van der Waals surface area contributed by atoms with Crippen LogP contribution in [0.2, 0.25) is 0 Å². The number of aromatic nitrogens is 2. The lowest BCUT2D eigenvalue weighted by atomic mass is 10.2. The fourth-order valence-corrected chi connectivity index (χ4v) is 4.49.